The summed E-state index contributed by atoms with van der Waals surface area (Å²) in [6, 6.07) is 3.67. The number of anilines is 1. The highest BCUT2D eigenvalue weighted by molar-refractivity contribution is 5.40. The fourth-order valence-corrected chi connectivity index (χ4v) is 0.900. The summed E-state index contributed by atoms with van der Waals surface area (Å²) in [6.45, 7) is 2.29. The van der Waals surface area contributed by atoms with Crippen LogP contribution in [0.5, 0.6) is 0 Å². The van der Waals surface area contributed by atoms with Crippen LogP contribution >= 0.6 is 0 Å². The number of aromatic nitrogens is 1. The molecule has 0 bridgehead atoms. The maximum absolute atomic E-state index is 5.52. The van der Waals surface area contributed by atoms with Gasteiger partial charge in [-0.15, -0.1) is 0 Å². The van der Waals surface area contributed by atoms with Crippen LogP contribution in [0.25, 0.3) is 0 Å². The molecule has 0 unspecified atom stereocenters. The molecule has 3 heteroatoms. The molecule has 0 aliphatic rings. The van der Waals surface area contributed by atoms with Crippen molar-refractivity contribution in [2.24, 2.45) is 5.73 Å². The van der Waals surface area contributed by atoms with Crippen molar-refractivity contribution in [1.82, 2.24) is 4.98 Å². The van der Waals surface area contributed by atoms with Crippen molar-refractivity contribution in [1.29, 1.82) is 0 Å². The minimum atomic E-state index is 0.343. The molecular weight excluding hydrogens is 150 g/mol. The zero-order chi connectivity index (χ0) is 8.97. The standard InChI is InChI=1S/C9H11N3/c1-7-5-8(3-2-4-10)12-9(11)6-7/h5-6H,4,10H2,1H3,(H2,11,12). The fourth-order valence-electron chi connectivity index (χ4n) is 0.900. The van der Waals surface area contributed by atoms with Crippen molar-refractivity contribution >= 4 is 5.82 Å². The van der Waals surface area contributed by atoms with E-state index in [2.05, 4.69) is 16.8 Å². The van der Waals surface area contributed by atoms with Crippen molar-refractivity contribution in [2.75, 3.05) is 12.3 Å². The number of aryl methyl sites for hydroxylation is 1. The van der Waals surface area contributed by atoms with Gasteiger partial charge in [0.1, 0.15) is 11.5 Å². The number of pyridine rings is 1. The van der Waals surface area contributed by atoms with Gasteiger partial charge in [-0.05, 0) is 30.5 Å². The van der Waals surface area contributed by atoms with Gasteiger partial charge >= 0.3 is 0 Å². The van der Waals surface area contributed by atoms with Gasteiger partial charge in [0.2, 0.25) is 0 Å². The first kappa shape index (κ1) is 8.57. The average Bonchev–Trinajstić information content (AvgIpc) is 1.99. The molecule has 0 aliphatic heterocycles. The first-order chi connectivity index (χ1) is 5.72. The van der Waals surface area contributed by atoms with Crippen LogP contribution in [0.3, 0.4) is 0 Å². The largest absolute Gasteiger partial charge is 0.384 e. The van der Waals surface area contributed by atoms with Gasteiger partial charge in [0.05, 0.1) is 6.54 Å². The summed E-state index contributed by atoms with van der Waals surface area (Å²) in [7, 11) is 0. The van der Waals surface area contributed by atoms with Gasteiger partial charge in [-0.1, -0.05) is 5.92 Å². The summed E-state index contributed by atoms with van der Waals surface area (Å²) in [5.74, 6) is 6.04. The highest BCUT2D eigenvalue weighted by atomic mass is 14.8. The van der Waals surface area contributed by atoms with Gasteiger partial charge in [0.15, 0.2) is 0 Å². The molecule has 0 saturated heterocycles. The molecule has 1 aromatic heterocycles. The average molecular weight is 161 g/mol. The molecule has 0 saturated carbocycles. The second-order valence-electron chi connectivity index (χ2n) is 2.46. The van der Waals surface area contributed by atoms with E-state index in [1.54, 1.807) is 6.07 Å². The lowest BCUT2D eigenvalue weighted by Crippen LogP contribution is -1.96. The van der Waals surface area contributed by atoms with Crippen molar-refractivity contribution in [3.05, 3.63) is 23.4 Å². The number of nitrogen functional groups attached to an aromatic ring is 1. The Morgan fingerprint density at radius 3 is 2.83 bits per heavy atom. The van der Waals surface area contributed by atoms with Crippen LogP contribution in [-0.2, 0) is 0 Å². The third kappa shape index (κ3) is 2.26. The van der Waals surface area contributed by atoms with Crippen LogP contribution in [0.4, 0.5) is 5.82 Å². The first-order valence-corrected chi connectivity index (χ1v) is 3.65. The normalized spacial score (nSPS) is 8.83. The van der Waals surface area contributed by atoms with Gasteiger partial charge in [-0.3, -0.25) is 0 Å². The van der Waals surface area contributed by atoms with E-state index in [4.69, 9.17) is 11.5 Å². The fraction of sp³-hybridized carbons (Fsp3) is 0.222. The zero-order valence-corrected chi connectivity index (χ0v) is 6.96. The Morgan fingerprint density at radius 2 is 2.25 bits per heavy atom. The van der Waals surface area contributed by atoms with Gasteiger partial charge in [-0.2, -0.15) is 0 Å². The van der Waals surface area contributed by atoms with E-state index in [1.807, 2.05) is 13.0 Å². The summed E-state index contributed by atoms with van der Waals surface area (Å²) < 4.78 is 0. The predicted molar refractivity (Wildman–Crippen MR) is 49.3 cm³/mol. The van der Waals surface area contributed by atoms with Crippen LogP contribution in [0.15, 0.2) is 12.1 Å². The Kier molecular flexibility index (Phi) is 2.67. The van der Waals surface area contributed by atoms with Crippen LogP contribution in [-0.4, -0.2) is 11.5 Å². The van der Waals surface area contributed by atoms with Crippen LogP contribution in [0.1, 0.15) is 11.3 Å². The van der Waals surface area contributed by atoms with E-state index < -0.39 is 0 Å². The predicted octanol–water partition coefficient (Wildman–Crippen LogP) is 0.282. The lowest BCUT2D eigenvalue weighted by molar-refractivity contribution is 1.25. The first-order valence-electron chi connectivity index (χ1n) is 3.65. The van der Waals surface area contributed by atoms with E-state index in [0.29, 0.717) is 18.1 Å². The molecule has 0 radical (unpaired) electrons. The summed E-state index contributed by atoms with van der Waals surface area (Å²) >= 11 is 0. The monoisotopic (exact) mass is 161 g/mol. The topological polar surface area (TPSA) is 64.9 Å². The SMILES string of the molecule is Cc1cc(N)nc(C#CCN)c1. The van der Waals surface area contributed by atoms with Crippen LogP contribution < -0.4 is 11.5 Å². The number of hydrogen-bond acceptors (Lipinski definition) is 3. The number of nitrogens with two attached hydrogens (primary N) is 2. The van der Waals surface area contributed by atoms with Crippen molar-refractivity contribution in [3.8, 4) is 11.8 Å². The zero-order valence-electron chi connectivity index (χ0n) is 6.96. The molecule has 1 heterocycles. The molecule has 0 amide bonds. The summed E-state index contributed by atoms with van der Waals surface area (Å²) in [6.07, 6.45) is 0. The molecule has 0 aromatic carbocycles. The highest BCUT2D eigenvalue weighted by Crippen LogP contribution is 2.04. The van der Waals surface area contributed by atoms with E-state index >= 15 is 0 Å². The lowest BCUT2D eigenvalue weighted by Gasteiger charge is -1.96. The maximum Gasteiger partial charge on any atom is 0.125 e. The van der Waals surface area contributed by atoms with Crippen LogP contribution in [0.2, 0.25) is 0 Å². The Morgan fingerprint density at radius 1 is 1.50 bits per heavy atom. The highest BCUT2D eigenvalue weighted by Gasteiger charge is 1.92. The molecule has 3 nitrogen and oxygen atoms in total. The van der Waals surface area contributed by atoms with Gasteiger partial charge in [-0.25, -0.2) is 4.98 Å². The Balaban J connectivity index is 3.01. The Bertz CT molecular complexity index is 313. The number of nitrogens with zero attached hydrogens (tertiary/aromatic N) is 1. The third-order valence-corrected chi connectivity index (χ3v) is 1.31. The smallest absolute Gasteiger partial charge is 0.125 e. The molecular formula is C9H11N3. The Hall–Kier alpha value is -1.53. The van der Waals surface area contributed by atoms with Crippen LogP contribution in [0, 0.1) is 18.8 Å². The van der Waals surface area contributed by atoms with E-state index in [0.717, 1.165) is 5.56 Å². The molecule has 0 fully saturated rings. The number of rotatable bonds is 0. The summed E-state index contributed by atoms with van der Waals surface area (Å²) in [5.41, 5.74) is 12.5. The van der Waals surface area contributed by atoms with Gasteiger partial charge in [0, 0.05) is 0 Å². The molecule has 4 N–H and O–H groups in total. The third-order valence-electron chi connectivity index (χ3n) is 1.31. The molecule has 0 aliphatic carbocycles. The second kappa shape index (κ2) is 3.74. The van der Waals surface area contributed by atoms with E-state index in [1.165, 1.54) is 0 Å². The minimum Gasteiger partial charge on any atom is -0.384 e. The van der Waals surface area contributed by atoms with E-state index in [9.17, 15) is 0 Å². The molecule has 1 rings (SSSR count). The van der Waals surface area contributed by atoms with Gasteiger partial charge < -0.3 is 11.5 Å². The van der Waals surface area contributed by atoms with Crippen molar-refractivity contribution in [2.45, 2.75) is 6.92 Å². The maximum atomic E-state index is 5.52. The lowest BCUT2D eigenvalue weighted by atomic mass is 10.2. The molecule has 0 spiro atoms. The summed E-state index contributed by atoms with van der Waals surface area (Å²) in [5, 5.41) is 0. The van der Waals surface area contributed by atoms with E-state index in [-0.39, 0.29) is 0 Å². The molecule has 1 aromatic rings. The van der Waals surface area contributed by atoms with Gasteiger partial charge in [0.25, 0.3) is 0 Å². The summed E-state index contributed by atoms with van der Waals surface area (Å²) in [4.78, 5) is 4.02. The Labute approximate surface area is 71.8 Å². The second-order valence-corrected chi connectivity index (χ2v) is 2.46. The molecule has 0 atom stereocenters. The number of hydrogen-bond donors (Lipinski definition) is 2. The molecule has 62 valence electrons. The van der Waals surface area contributed by atoms with Crippen molar-refractivity contribution in [3.63, 3.8) is 0 Å². The minimum absolute atomic E-state index is 0.343. The quantitative estimate of drug-likeness (QED) is 0.537. The molecule has 12 heavy (non-hydrogen) atoms. The van der Waals surface area contributed by atoms with Crippen molar-refractivity contribution < 1.29 is 0 Å².